The normalized spacial score (nSPS) is 10.5. The molecule has 0 unspecified atom stereocenters. The van der Waals surface area contributed by atoms with Crippen molar-refractivity contribution in [2.24, 2.45) is 0 Å². The predicted octanol–water partition coefficient (Wildman–Crippen LogP) is 3.77. The minimum atomic E-state index is -0.586. The molecule has 0 aliphatic rings. The Morgan fingerprint density at radius 2 is 2.12 bits per heavy atom. The molecule has 0 spiro atoms. The summed E-state index contributed by atoms with van der Waals surface area (Å²) < 4.78 is 14.5. The van der Waals surface area contributed by atoms with Gasteiger partial charge in [0.1, 0.15) is 5.82 Å². The van der Waals surface area contributed by atoms with E-state index >= 15 is 0 Å². The molecule has 0 saturated carbocycles. The highest BCUT2D eigenvalue weighted by Crippen LogP contribution is 2.29. The molecular weight excluding hydrogens is 305 g/mol. The van der Waals surface area contributed by atoms with Crippen molar-refractivity contribution in [2.45, 2.75) is 6.92 Å². The van der Waals surface area contributed by atoms with Crippen LogP contribution in [0.15, 0.2) is 28.1 Å². The number of aryl methyl sites for hydroxylation is 1. The van der Waals surface area contributed by atoms with Crippen molar-refractivity contribution in [1.82, 2.24) is 0 Å². The van der Waals surface area contributed by atoms with Crippen LogP contribution in [0.4, 0.5) is 10.1 Å². The summed E-state index contributed by atoms with van der Waals surface area (Å²) >= 11 is 4.64. The Kier molecular flexibility index (Phi) is 3.31. The lowest BCUT2D eigenvalue weighted by molar-refractivity contribution is 0.103. The summed E-state index contributed by atoms with van der Waals surface area (Å²) in [6, 6.07) is 5.83. The number of halogens is 2. The Morgan fingerprint density at radius 3 is 2.65 bits per heavy atom. The van der Waals surface area contributed by atoms with E-state index in [0.29, 0.717) is 10.6 Å². The summed E-state index contributed by atoms with van der Waals surface area (Å²) in [5.41, 5.74) is 6.76. The lowest BCUT2D eigenvalue weighted by Gasteiger charge is -2.01. The fraction of sp³-hybridized carbons (Fsp3) is 0.0833. The standard InChI is InChI=1S/C12H9BrFNOS/c1-6-4-10(17-12(6)13)11(16)8-3-2-7(15)5-9(8)14/h2-5H,15H2,1H3. The number of benzene rings is 1. The number of thiophene rings is 1. The van der Waals surface area contributed by atoms with Gasteiger partial charge < -0.3 is 5.73 Å². The van der Waals surface area contributed by atoms with E-state index in [9.17, 15) is 9.18 Å². The molecule has 0 aliphatic carbocycles. The molecule has 0 bridgehead atoms. The van der Waals surface area contributed by atoms with Crippen molar-refractivity contribution >= 4 is 38.7 Å². The molecule has 0 atom stereocenters. The lowest BCUT2D eigenvalue weighted by atomic mass is 10.1. The molecular formula is C12H9BrFNOS. The van der Waals surface area contributed by atoms with E-state index in [1.165, 1.54) is 23.5 Å². The second-order valence-electron chi connectivity index (χ2n) is 3.64. The van der Waals surface area contributed by atoms with Gasteiger partial charge in [-0.3, -0.25) is 4.79 Å². The van der Waals surface area contributed by atoms with Gasteiger partial charge in [0, 0.05) is 5.69 Å². The second-order valence-corrected chi connectivity index (χ2v) is 6.01. The fourth-order valence-electron chi connectivity index (χ4n) is 1.42. The number of anilines is 1. The Hall–Kier alpha value is -1.20. The van der Waals surface area contributed by atoms with Gasteiger partial charge in [-0.25, -0.2) is 4.39 Å². The summed E-state index contributed by atoms with van der Waals surface area (Å²) in [7, 11) is 0. The summed E-state index contributed by atoms with van der Waals surface area (Å²) in [5, 5.41) is 0. The molecule has 0 fully saturated rings. The van der Waals surface area contributed by atoms with E-state index in [-0.39, 0.29) is 11.3 Å². The van der Waals surface area contributed by atoms with Gasteiger partial charge in [0.05, 0.1) is 14.2 Å². The lowest BCUT2D eigenvalue weighted by Crippen LogP contribution is -2.02. The van der Waals surface area contributed by atoms with Gasteiger partial charge >= 0.3 is 0 Å². The van der Waals surface area contributed by atoms with Crippen LogP contribution in [0.5, 0.6) is 0 Å². The molecule has 2 N–H and O–H groups in total. The summed E-state index contributed by atoms with van der Waals surface area (Å²) in [5.74, 6) is -0.904. The van der Waals surface area contributed by atoms with Crippen molar-refractivity contribution in [2.75, 3.05) is 5.73 Å². The van der Waals surface area contributed by atoms with Gasteiger partial charge in [0.25, 0.3) is 0 Å². The Labute approximate surface area is 110 Å². The molecule has 88 valence electrons. The smallest absolute Gasteiger partial charge is 0.205 e. The second kappa shape index (κ2) is 4.58. The number of carbonyl (C=O) groups excluding carboxylic acids is 1. The average Bonchev–Trinajstić information content (AvgIpc) is 2.58. The topological polar surface area (TPSA) is 43.1 Å². The monoisotopic (exact) mass is 313 g/mol. The first-order chi connectivity index (χ1) is 7.99. The molecule has 1 aromatic carbocycles. The van der Waals surface area contributed by atoms with E-state index in [1.54, 1.807) is 6.07 Å². The van der Waals surface area contributed by atoms with Crippen LogP contribution in [0.3, 0.4) is 0 Å². The predicted molar refractivity (Wildman–Crippen MR) is 71.0 cm³/mol. The molecule has 0 radical (unpaired) electrons. The maximum Gasteiger partial charge on any atom is 0.205 e. The Bertz CT molecular complexity index is 575. The SMILES string of the molecule is Cc1cc(C(=O)c2ccc(N)cc2F)sc1Br. The van der Waals surface area contributed by atoms with E-state index in [2.05, 4.69) is 15.9 Å². The summed E-state index contributed by atoms with van der Waals surface area (Å²) in [6.07, 6.45) is 0. The molecule has 0 amide bonds. The molecule has 1 aromatic heterocycles. The molecule has 0 aliphatic heterocycles. The third kappa shape index (κ3) is 2.40. The van der Waals surface area contributed by atoms with Crippen molar-refractivity contribution < 1.29 is 9.18 Å². The van der Waals surface area contributed by atoms with E-state index < -0.39 is 5.82 Å². The maximum absolute atomic E-state index is 13.6. The number of hydrogen-bond donors (Lipinski definition) is 1. The van der Waals surface area contributed by atoms with E-state index in [4.69, 9.17) is 5.73 Å². The van der Waals surface area contributed by atoms with Gasteiger partial charge in [-0.2, -0.15) is 0 Å². The number of nitrogens with two attached hydrogens (primary N) is 1. The zero-order chi connectivity index (χ0) is 12.6. The fourth-order valence-corrected chi connectivity index (χ4v) is 2.91. The Balaban J connectivity index is 2.43. The summed E-state index contributed by atoms with van der Waals surface area (Å²) in [4.78, 5) is 12.6. The van der Waals surface area contributed by atoms with Crippen molar-refractivity contribution in [3.63, 3.8) is 0 Å². The molecule has 5 heteroatoms. The average molecular weight is 314 g/mol. The number of hydrogen-bond acceptors (Lipinski definition) is 3. The number of nitrogen functional groups attached to an aromatic ring is 1. The van der Waals surface area contributed by atoms with E-state index in [0.717, 1.165) is 15.4 Å². The highest BCUT2D eigenvalue weighted by Gasteiger charge is 2.17. The van der Waals surface area contributed by atoms with Gasteiger partial charge in [0.15, 0.2) is 0 Å². The molecule has 2 nitrogen and oxygen atoms in total. The zero-order valence-corrected chi connectivity index (χ0v) is 11.4. The number of ketones is 1. The van der Waals surface area contributed by atoms with Crippen LogP contribution in [-0.2, 0) is 0 Å². The first kappa shape index (κ1) is 12.3. The van der Waals surface area contributed by atoms with Gasteiger partial charge in [-0.1, -0.05) is 0 Å². The maximum atomic E-state index is 13.6. The first-order valence-corrected chi connectivity index (χ1v) is 6.45. The quantitative estimate of drug-likeness (QED) is 0.677. The molecule has 0 saturated heterocycles. The highest BCUT2D eigenvalue weighted by molar-refractivity contribution is 9.11. The molecule has 2 rings (SSSR count). The zero-order valence-electron chi connectivity index (χ0n) is 8.96. The third-order valence-electron chi connectivity index (χ3n) is 2.32. The molecule has 1 heterocycles. The number of rotatable bonds is 2. The minimum absolute atomic E-state index is 0.0490. The van der Waals surface area contributed by atoms with Crippen LogP contribution in [-0.4, -0.2) is 5.78 Å². The van der Waals surface area contributed by atoms with Crippen LogP contribution in [0.2, 0.25) is 0 Å². The molecule has 2 aromatic rings. The van der Waals surface area contributed by atoms with E-state index in [1.807, 2.05) is 6.92 Å². The van der Waals surface area contributed by atoms with Crippen LogP contribution >= 0.6 is 27.3 Å². The molecule has 17 heavy (non-hydrogen) atoms. The largest absolute Gasteiger partial charge is 0.399 e. The van der Waals surface area contributed by atoms with Crippen molar-refractivity contribution in [1.29, 1.82) is 0 Å². The Morgan fingerprint density at radius 1 is 1.41 bits per heavy atom. The first-order valence-electron chi connectivity index (χ1n) is 4.84. The van der Waals surface area contributed by atoms with Crippen molar-refractivity contribution in [3.8, 4) is 0 Å². The van der Waals surface area contributed by atoms with Crippen LogP contribution < -0.4 is 5.73 Å². The third-order valence-corrected chi connectivity index (χ3v) is 4.45. The van der Waals surface area contributed by atoms with Crippen LogP contribution in [0.25, 0.3) is 0 Å². The summed E-state index contributed by atoms with van der Waals surface area (Å²) in [6.45, 7) is 1.89. The number of carbonyl (C=O) groups is 1. The minimum Gasteiger partial charge on any atom is -0.399 e. The van der Waals surface area contributed by atoms with Crippen LogP contribution in [0, 0.1) is 12.7 Å². The van der Waals surface area contributed by atoms with Crippen LogP contribution in [0.1, 0.15) is 20.8 Å². The van der Waals surface area contributed by atoms with Gasteiger partial charge in [-0.05, 0) is 52.7 Å². The van der Waals surface area contributed by atoms with Crippen molar-refractivity contribution in [3.05, 3.63) is 49.9 Å². The highest BCUT2D eigenvalue weighted by atomic mass is 79.9. The van der Waals surface area contributed by atoms with Gasteiger partial charge in [-0.15, -0.1) is 11.3 Å². The van der Waals surface area contributed by atoms with Gasteiger partial charge in [0.2, 0.25) is 5.78 Å².